The summed E-state index contributed by atoms with van der Waals surface area (Å²) in [7, 11) is 0. The Kier molecular flexibility index (Phi) is 4.83. The molecule has 3 heterocycles. The first kappa shape index (κ1) is 17.0. The molecule has 4 rings (SSSR count). The summed E-state index contributed by atoms with van der Waals surface area (Å²) < 4.78 is 8.03. The predicted octanol–water partition coefficient (Wildman–Crippen LogP) is 3.56. The first-order valence-corrected chi connectivity index (χ1v) is 9.31. The minimum absolute atomic E-state index is 0.209. The van der Waals surface area contributed by atoms with Crippen molar-refractivity contribution in [3.63, 3.8) is 0 Å². The van der Waals surface area contributed by atoms with Gasteiger partial charge in [0.1, 0.15) is 16.7 Å². The van der Waals surface area contributed by atoms with Crippen LogP contribution >= 0.6 is 15.9 Å². The van der Waals surface area contributed by atoms with Crippen LogP contribution in [0.1, 0.15) is 24.4 Å². The number of amides is 1. The van der Waals surface area contributed by atoms with Crippen LogP contribution in [0, 0.1) is 0 Å². The van der Waals surface area contributed by atoms with E-state index in [1.807, 2.05) is 35.0 Å². The number of nitrogens with zero attached hydrogens (tertiary/aromatic N) is 5. The maximum absolute atomic E-state index is 12.3. The monoisotopic (exact) mass is 415 g/mol. The molecular formula is C18H18BrN5O2. The van der Waals surface area contributed by atoms with Crippen LogP contribution in [0.25, 0.3) is 11.2 Å². The fourth-order valence-electron chi connectivity index (χ4n) is 3.18. The number of likely N-dealkylation sites (tertiary alicyclic amines) is 1. The number of benzene rings is 1. The lowest BCUT2D eigenvalue weighted by Gasteiger charge is -2.31. The SMILES string of the molecule is O=C(OCc1ccccc1)N1CCC(n2ncc3nc(Br)cnc32)CC1. The average molecular weight is 416 g/mol. The summed E-state index contributed by atoms with van der Waals surface area (Å²) in [6.45, 7) is 1.58. The van der Waals surface area contributed by atoms with Gasteiger partial charge in [0.15, 0.2) is 5.65 Å². The van der Waals surface area contributed by atoms with Crippen molar-refractivity contribution in [3.05, 3.63) is 52.9 Å². The molecule has 1 aliphatic heterocycles. The molecule has 0 atom stereocenters. The summed E-state index contributed by atoms with van der Waals surface area (Å²) in [5.41, 5.74) is 2.53. The number of carbonyl (C=O) groups is 1. The molecule has 7 nitrogen and oxygen atoms in total. The van der Waals surface area contributed by atoms with Gasteiger partial charge in [-0.1, -0.05) is 30.3 Å². The Morgan fingerprint density at radius 1 is 1.19 bits per heavy atom. The van der Waals surface area contributed by atoms with Gasteiger partial charge < -0.3 is 9.64 Å². The minimum Gasteiger partial charge on any atom is -0.445 e. The van der Waals surface area contributed by atoms with E-state index in [1.165, 1.54) is 0 Å². The first-order valence-electron chi connectivity index (χ1n) is 8.52. The average Bonchev–Trinajstić information content (AvgIpc) is 3.10. The molecule has 0 radical (unpaired) electrons. The number of fused-ring (bicyclic) bond motifs is 1. The molecule has 0 spiro atoms. The zero-order valence-corrected chi connectivity index (χ0v) is 15.7. The van der Waals surface area contributed by atoms with Crippen molar-refractivity contribution in [1.82, 2.24) is 24.6 Å². The van der Waals surface area contributed by atoms with Crippen LogP contribution in [0.3, 0.4) is 0 Å². The molecule has 134 valence electrons. The molecule has 1 saturated heterocycles. The fourth-order valence-corrected chi connectivity index (χ4v) is 3.47. The Labute approximate surface area is 159 Å². The van der Waals surface area contributed by atoms with Crippen LogP contribution in [0.15, 0.2) is 47.3 Å². The normalized spacial score (nSPS) is 15.3. The van der Waals surface area contributed by atoms with Gasteiger partial charge >= 0.3 is 6.09 Å². The number of halogens is 1. The Morgan fingerprint density at radius 3 is 2.73 bits per heavy atom. The topological polar surface area (TPSA) is 73.1 Å². The van der Waals surface area contributed by atoms with Gasteiger partial charge in [-0.2, -0.15) is 5.10 Å². The second-order valence-corrected chi connectivity index (χ2v) is 7.06. The fraction of sp³-hybridized carbons (Fsp3) is 0.333. The summed E-state index contributed by atoms with van der Waals surface area (Å²) in [4.78, 5) is 22.8. The molecule has 8 heteroatoms. The predicted molar refractivity (Wildman–Crippen MR) is 99.5 cm³/mol. The molecule has 2 aromatic heterocycles. The third kappa shape index (κ3) is 3.55. The second kappa shape index (κ2) is 7.41. The second-order valence-electron chi connectivity index (χ2n) is 6.25. The number of ether oxygens (including phenoxy) is 1. The molecular weight excluding hydrogens is 398 g/mol. The van der Waals surface area contributed by atoms with E-state index in [0.717, 1.165) is 29.6 Å². The van der Waals surface area contributed by atoms with Gasteiger partial charge in [0.05, 0.1) is 18.4 Å². The van der Waals surface area contributed by atoms with Crippen molar-refractivity contribution in [2.24, 2.45) is 0 Å². The zero-order valence-electron chi connectivity index (χ0n) is 14.1. The zero-order chi connectivity index (χ0) is 17.9. The van der Waals surface area contributed by atoms with E-state index < -0.39 is 0 Å². The summed E-state index contributed by atoms with van der Waals surface area (Å²) >= 11 is 3.32. The highest BCUT2D eigenvalue weighted by Crippen LogP contribution is 2.25. The van der Waals surface area contributed by atoms with Gasteiger partial charge in [0.25, 0.3) is 0 Å². The van der Waals surface area contributed by atoms with Crippen molar-refractivity contribution >= 4 is 33.2 Å². The Balaban J connectivity index is 1.35. The van der Waals surface area contributed by atoms with E-state index >= 15 is 0 Å². The first-order chi connectivity index (χ1) is 12.7. The van der Waals surface area contributed by atoms with Gasteiger partial charge in [-0.05, 0) is 34.3 Å². The number of hydrogen-bond acceptors (Lipinski definition) is 5. The van der Waals surface area contributed by atoms with Gasteiger partial charge in [-0.25, -0.2) is 19.4 Å². The highest BCUT2D eigenvalue weighted by atomic mass is 79.9. The molecule has 1 fully saturated rings. The highest BCUT2D eigenvalue weighted by Gasteiger charge is 2.26. The van der Waals surface area contributed by atoms with Crippen LogP contribution < -0.4 is 0 Å². The lowest BCUT2D eigenvalue weighted by molar-refractivity contribution is 0.0824. The van der Waals surface area contributed by atoms with Crippen molar-refractivity contribution in [1.29, 1.82) is 0 Å². The Morgan fingerprint density at radius 2 is 1.96 bits per heavy atom. The standard InChI is InChI=1S/C18H18BrN5O2/c19-16-11-20-17-15(22-16)10-21-24(17)14-6-8-23(9-7-14)18(25)26-12-13-4-2-1-3-5-13/h1-5,10-11,14H,6-9,12H2. The van der Waals surface area contributed by atoms with E-state index in [-0.39, 0.29) is 12.1 Å². The maximum Gasteiger partial charge on any atom is 0.410 e. The molecule has 0 unspecified atom stereocenters. The molecule has 1 aromatic carbocycles. The van der Waals surface area contributed by atoms with Crippen molar-refractivity contribution in [3.8, 4) is 0 Å². The van der Waals surface area contributed by atoms with E-state index in [1.54, 1.807) is 17.3 Å². The Hall–Kier alpha value is -2.48. The van der Waals surface area contributed by atoms with Gasteiger partial charge in [0, 0.05) is 13.1 Å². The van der Waals surface area contributed by atoms with Crippen LogP contribution in [-0.2, 0) is 11.3 Å². The summed E-state index contributed by atoms with van der Waals surface area (Å²) in [6, 6.07) is 9.91. The maximum atomic E-state index is 12.3. The lowest BCUT2D eigenvalue weighted by Crippen LogP contribution is -2.39. The van der Waals surface area contributed by atoms with Crippen molar-refractivity contribution < 1.29 is 9.53 Å². The van der Waals surface area contributed by atoms with E-state index in [9.17, 15) is 4.79 Å². The number of carbonyl (C=O) groups excluding carboxylic acids is 1. The molecule has 3 aromatic rings. The van der Waals surface area contributed by atoms with Crippen molar-refractivity contribution in [2.75, 3.05) is 13.1 Å². The Bertz CT molecular complexity index is 906. The van der Waals surface area contributed by atoms with Crippen molar-refractivity contribution in [2.45, 2.75) is 25.5 Å². The third-order valence-corrected chi connectivity index (χ3v) is 4.93. The van der Waals surface area contributed by atoms with Crippen LogP contribution in [0.2, 0.25) is 0 Å². The molecule has 26 heavy (non-hydrogen) atoms. The summed E-state index contributed by atoms with van der Waals surface area (Å²) in [5, 5.41) is 4.44. The molecule has 1 aliphatic rings. The lowest BCUT2D eigenvalue weighted by atomic mass is 10.1. The third-order valence-electron chi connectivity index (χ3n) is 4.54. The van der Waals surface area contributed by atoms with Gasteiger partial charge in [0.2, 0.25) is 0 Å². The van der Waals surface area contributed by atoms with E-state index in [4.69, 9.17) is 4.74 Å². The number of hydrogen-bond donors (Lipinski definition) is 0. The number of aromatic nitrogens is 4. The molecule has 0 N–H and O–H groups in total. The van der Waals surface area contributed by atoms with Crippen LogP contribution in [0.4, 0.5) is 4.79 Å². The molecule has 0 saturated carbocycles. The minimum atomic E-state index is -0.263. The van der Waals surface area contributed by atoms with Crippen LogP contribution in [0.5, 0.6) is 0 Å². The molecule has 0 bridgehead atoms. The van der Waals surface area contributed by atoms with E-state index in [2.05, 4.69) is 31.0 Å². The summed E-state index contributed by atoms with van der Waals surface area (Å²) in [5.74, 6) is 0. The number of piperidine rings is 1. The molecule has 0 aliphatic carbocycles. The summed E-state index contributed by atoms with van der Waals surface area (Å²) in [6.07, 6.45) is 4.77. The quantitative estimate of drug-likeness (QED) is 0.653. The smallest absolute Gasteiger partial charge is 0.410 e. The van der Waals surface area contributed by atoms with Gasteiger partial charge in [-0.15, -0.1) is 0 Å². The van der Waals surface area contributed by atoms with Crippen LogP contribution in [-0.4, -0.2) is 43.8 Å². The highest BCUT2D eigenvalue weighted by molar-refractivity contribution is 9.10. The largest absolute Gasteiger partial charge is 0.445 e. The molecule has 1 amide bonds. The van der Waals surface area contributed by atoms with E-state index in [0.29, 0.717) is 24.3 Å². The number of rotatable bonds is 3. The van der Waals surface area contributed by atoms with Gasteiger partial charge in [-0.3, -0.25) is 0 Å².